The number of benzene rings is 1. The van der Waals surface area contributed by atoms with E-state index in [1.54, 1.807) is 12.1 Å². The summed E-state index contributed by atoms with van der Waals surface area (Å²) < 4.78 is 0. The van der Waals surface area contributed by atoms with Crippen LogP contribution in [0.5, 0.6) is 0 Å². The fourth-order valence-electron chi connectivity index (χ4n) is 1.51. The van der Waals surface area contributed by atoms with Gasteiger partial charge < -0.3 is 0 Å². The van der Waals surface area contributed by atoms with Crippen LogP contribution in [0, 0.1) is 0 Å². The molecule has 0 aromatic heterocycles. The van der Waals surface area contributed by atoms with Gasteiger partial charge in [-0.15, -0.1) is 0 Å². The van der Waals surface area contributed by atoms with Crippen LogP contribution in [0.2, 0.25) is 10.0 Å². The van der Waals surface area contributed by atoms with Crippen molar-refractivity contribution in [2.24, 2.45) is 0 Å². The smallest absolute Gasteiger partial charge is 0.273 e. The number of hydrogen-bond acceptors (Lipinski definition) is 3. The van der Waals surface area contributed by atoms with Gasteiger partial charge in [0.2, 0.25) is 0 Å². The summed E-state index contributed by atoms with van der Waals surface area (Å²) in [4.78, 5) is 35.5. The topological polar surface area (TPSA) is 66.5 Å². The lowest BCUT2D eigenvalue weighted by Gasteiger charge is -2.22. The lowest BCUT2D eigenvalue weighted by atomic mass is 10.1. The molecule has 1 fully saturated rings. The van der Waals surface area contributed by atoms with Gasteiger partial charge in [-0.2, -0.15) is 0 Å². The van der Waals surface area contributed by atoms with E-state index in [1.165, 1.54) is 19.2 Å². The van der Waals surface area contributed by atoms with Crippen LogP contribution in [0.1, 0.15) is 5.56 Å². The number of barbiturate groups is 1. The third-order valence-electron chi connectivity index (χ3n) is 2.56. The first-order valence-electron chi connectivity index (χ1n) is 5.20. The summed E-state index contributed by atoms with van der Waals surface area (Å²) in [5.41, 5.74) is 0.399. The van der Waals surface area contributed by atoms with Gasteiger partial charge in [-0.3, -0.25) is 19.8 Å². The zero-order valence-electron chi connectivity index (χ0n) is 9.74. The Bertz CT molecular complexity index is 625. The molecule has 0 radical (unpaired) electrons. The number of carbonyl (C=O) groups is 3. The average molecular weight is 299 g/mol. The highest BCUT2D eigenvalue weighted by Gasteiger charge is 2.32. The van der Waals surface area contributed by atoms with E-state index in [9.17, 15) is 14.4 Å². The van der Waals surface area contributed by atoms with Gasteiger partial charge in [-0.1, -0.05) is 29.3 Å². The largest absolute Gasteiger partial charge is 0.331 e. The van der Waals surface area contributed by atoms with Crippen molar-refractivity contribution in [3.8, 4) is 0 Å². The number of imide groups is 2. The Labute approximate surface area is 118 Å². The summed E-state index contributed by atoms with van der Waals surface area (Å²) in [5.74, 6) is -1.40. The minimum atomic E-state index is -0.749. The van der Waals surface area contributed by atoms with E-state index in [4.69, 9.17) is 23.2 Å². The predicted molar refractivity (Wildman–Crippen MR) is 70.7 cm³/mol. The van der Waals surface area contributed by atoms with E-state index in [-0.39, 0.29) is 5.57 Å². The van der Waals surface area contributed by atoms with E-state index in [0.29, 0.717) is 15.6 Å². The standard InChI is InChI=1S/C12H8Cl2N2O3/c1-16-11(18)7(10(17)15-12(16)19)4-6-2-3-8(13)9(14)5-6/h2-5H,1H3,(H,15,17,19)/b7-4-. The maximum Gasteiger partial charge on any atom is 0.331 e. The molecule has 0 bridgehead atoms. The quantitative estimate of drug-likeness (QED) is 0.638. The van der Waals surface area contributed by atoms with Crippen molar-refractivity contribution < 1.29 is 14.4 Å². The van der Waals surface area contributed by atoms with Crippen molar-refractivity contribution >= 4 is 47.1 Å². The number of carbonyl (C=O) groups excluding carboxylic acids is 3. The Hall–Kier alpha value is -1.85. The fourth-order valence-corrected chi connectivity index (χ4v) is 1.82. The number of nitrogens with zero attached hydrogens (tertiary/aromatic N) is 1. The molecule has 1 heterocycles. The molecule has 98 valence electrons. The third kappa shape index (κ3) is 2.62. The van der Waals surface area contributed by atoms with Gasteiger partial charge in [0, 0.05) is 7.05 Å². The van der Waals surface area contributed by atoms with Crippen LogP contribution >= 0.6 is 23.2 Å². The second-order valence-electron chi connectivity index (χ2n) is 3.86. The highest BCUT2D eigenvalue weighted by molar-refractivity contribution is 6.42. The van der Waals surface area contributed by atoms with E-state index < -0.39 is 17.8 Å². The minimum absolute atomic E-state index is 0.138. The van der Waals surface area contributed by atoms with Gasteiger partial charge in [0.25, 0.3) is 11.8 Å². The molecule has 1 aliphatic rings. The number of rotatable bonds is 1. The van der Waals surface area contributed by atoms with Crippen molar-refractivity contribution in [2.75, 3.05) is 7.05 Å². The number of likely N-dealkylation sites (N-methyl/N-ethyl adjacent to an activating group) is 1. The molecular formula is C12H8Cl2N2O3. The van der Waals surface area contributed by atoms with Gasteiger partial charge >= 0.3 is 6.03 Å². The summed E-state index contributed by atoms with van der Waals surface area (Å²) in [6.07, 6.45) is 1.35. The maximum atomic E-state index is 11.8. The minimum Gasteiger partial charge on any atom is -0.273 e. The Morgan fingerprint density at radius 3 is 2.47 bits per heavy atom. The Kier molecular flexibility index (Phi) is 3.59. The van der Waals surface area contributed by atoms with Crippen molar-refractivity contribution in [3.05, 3.63) is 39.4 Å². The first-order chi connectivity index (χ1) is 8.90. The second kappa shape index (κ2) is 5.03. The summed E-state index contributed by atoms with van der Waals surface area (Å²) >= 11 is 11.6. The molecule has 7 heteroatoms. The van der Waals surface area contributed by atoms with E-state index >= 15 is 0 Å². The lowest BCUT2D eigenvalue weighted by molar-refractivity contribution is -0.129. The van der Waals surface area contributed by atoms with E-state index in [2.05, 4.69) is 5.32 Å². The maximum absolute atomic E-state index is 11.8. The van der Waals surface area contributed by atoms with Gasteiger partial charge in [-0.25, -0.2) is 4.79 Å². The summed E-state index contributed by atoms with van der Waals surface area (Å²) in [7, 11) is 1.28. The fraction of sp³-hybridized carbons (Fsp3) is 0.0833. The highest BCUT2D eigenvalue weighted by atomic mass is 35.5. The first kappa shape index (κ1) is 13.6. The van der Waals surface area contributed by atoms with Gasteiger partial charge in [-0.05, 0) is 23.8 Å². The van der Waals surface area contributed by atoms with Crippen molar-refractivity contribution in [3.63, 3.8) is 0 Å². The number of hydrogen-bond donors (Lipinski definition) is 1. The molecule has 0 atom stereocenters. The average Bonchev–Trinajstić information content (AvgIpc) is 2.36. The number of halogens is 2. The van der Waals surface area contributed by atoms with E-state index in [0.717, 1.165) is 4.90 Å². The van der Waals surface area contributed by atoms with Gasteiger partial charge in [0.1, 0.15) is 5.57 Å². The summed E-state index contributed by atoms with van der Waals surface area (Å²) in [6.45, 7) is 0. The first-order valence-corrected chi connectivity index (χ1v) is 5.96. The number of urea groups is 1. The predicted octanol–water partition coefficient (Wildman–Crippen LogP) is 2.08. The normalized spacial score (nSPS) is 17.9. The molecule has 1 N–H and O–H groups in total. The molecule has 4 amide bonds. The second-order valence-corrected chi connectivity index (χ2v) is 4.67. The van der Waals surface area contributed by atoms with Crippen LogP contribution in [0.3, 0.4) is 0 Å². The molecule has 1 saturated heterocycles. The Morgan fingerprint density at radius 1 is 1.16 bits per heavy atom. The molecule has 0 unspecified atom stereocenters. The monoisotopic (exact) mass is 298 g/mol. The van der Waals surface area contributed by atoms with Crippen molar-refractivity contribution in [1.82, 2.24) is 10.2 Å². The zero-order chi connectivity index (χ0) is 14.2. The number of amides is 4. The Balaban J connectivity index is 2.41. The van der Waals surface area contributed by atoms with Crippen LogP contribution in [0.4, 0.5) is 4.79 Å². The molecule has 5 nitrogen and oxygen atoms in total. The molecule has 1 aromatic rings. The van der Waals surface area contributed by atoms with Gasteiger partial charge in [0.15, 0.2) is 0 Å². The molecular weight excluding hydrogens is 291 g/mol. The summed E-state index contributed by atoms with van der Waals surface area (Å²) in [5, 5.41) is 2.74. The lowest BCUT2D eigenvalue weighted by Crippen LogP contribution is -2.52. The third-order valence-corrected chi connectivity index (χ3v) is 3.30. The van der Waals surface area contributed by atoms with Crippen LogP contribution in [-0.2, 0) is 9.59 Å². The summed E-state index contributed by atoms with van der Waals surface area (Å²) in [6, 6.07) is 3.93. The number of nitrogens with one attached hydrogen (secondary N) is 1. The molecule has 2 rings (SSSR count). The molecule has 1 aromatic carbocycles. The highest BCUT2D eigenvalue weighted by Crippen LogP contribution is 2.24. The van der Waals surface area contributed by atoms with Crippen molar-refractivity contribution in [1.29, 1.82) is 0 Å². The molecule has 0 spiro atoms. The van der Waals surface area contributed by atoms with Crippen molar-refractivity contribution in [2.45, 2.75) is 0 Å². The molecule has 0 saturated carbocycles. The van der Waals surface area contributed by atoms with Crippen LogP contribution in [0.25, 0.3) is 6.08 Å². The SMILES string of the molecule is CN1C(=O)NC(=O)/C(=C/c2ccc(Cl)c(Cl)c2)C1=O. The molecule has 0 aliphatic carbocycles. The molecule has 1 aliphatic heterocycles. The van der Waals surface area contributed by atoms with E-state index in [1.807, 2.05) is 0 Å². The van der Waals surface area contributed by atoms with Crippen LogP contribution in [0.15, 0.2) is 23.8 Å². The zero-order valence-corrected chi connectivity index (χ0v) is 11.2. The van der Waals surface area contributed by atoms with Crippen LogP contribution in [-0.4, -0.2) is 29.8 Å². The van der Waals surface area contributed by atoms with Crippen LogP contribution < -0.4 is 5.32 Å². The van der Waals surface area contributed by atoms with Gasteiger partial charge in [0.05, 0.1) is 10.0 Å². The Morgan fingerprint density at radius 2 is 1.84 bits per heavy atom. The molecule has 19 heavy (non-hydrogen) atoms.